The van der Waals surface area contributed by atoms with Gasteiger partial charge in [0.25, 0.3) is 0 Å². The van der Waals surface area contributed by atoms with Crippen LogP contribution in [0, 0.1) is 11.8 Å². The zero-order valence-electron chi connectivity index (χ0n) is 16.1. The molecule has 7 heteroatoms. The number of allylic oxidation sites excluding steroid dienone is 2. The highest BCUT2D eigenvalue weighted by molar-refractivity contribution is 5.90. The van der Waals surface area contributed by atoms with Crippen molar-refractivity contribution in [2.45, 2.75) is 39.5 Å². The molecule has 27 heavy (non-hydrogen) atoms. The molecule has 3 rings (SSSR count). The number of cyclic esters (lactones) is 2. The topological polar surface area (TPSA) is 80.3 Å². The summed E-state index contributed by atoms with van der Waals surface area (Å²) in [4.78, 5) is 24.7. The van der Waals surface area contributed by atoms with Crippen LogP contribution in [-0.4, -0.2) is 51.6 Å². The lowest BCUT2D eigenvalue weighted by Gasteiger charge is -2.14. The van der Waals surface area contributed by atoms with E-state index in [0.29, 0.717) is 35.9 Å². The fourth-order valence-corrected chi connectivity index (χ4v) is 3.85. The third-order valence-corrected chi connectivity index (χ3v) is 5.29. The third kappa shape index (κ3) is 4.83. The Hall–Kier alpha value is -2.02. The van der Waals surface area contributed by atoms with E-state index in [1.54, 1.807) is 0 Å². The summed E-state index contributed by atoms with van der Waals surface area (Å²) in [6.07, 6.45) is 3.60. The van der Waals surface area contributed by atoms with E-state index < -0.39 is 0 Å². The Bertz CT molecular complexity index is 580. The van der Waals surface area contributed by atoms with Gasteiger partial charge in [-0.05, 0) is 26.7 Å². The number of carbonyl (C=O) groups excluding carboxylic acids is 2. The molecule has 0 radical (unpaired) electrons. The molecule has 7 nitrogen and oxygen atoms in total. The second-order valence-corrected chi connectivity index (χ2v) is 7.12. The first kappa shape index (κ1) is 19.7. The van der Waals surface area contributed by atoms with Crippen LogP contribution in [0.3, 0.4) is 0 Å². The van der Waals surface area contributed by atoms with Crippen LogP contribution in [0.25, 0.3) is 0 Å². The minimum absolute atomic E-state index is 0.0654. The first-order valence-electron chi connectivity index (χ1n) is 9.67. The van der Waals surface area contributed by atoms with Crippen LogP contribution in [-0.2, 0) is 33.3 Å². The lowest BCUT2D eigenvalue weighted by Crippen LogP contribution is -2.19. The van der Waals surface area contributed by atoms with Crippen molar-refractivity contribution in [1.82, 2.24) is 0 Å². The van der Waals surface area contributed by atoms with Crippen LogP contribution in [0.1, 0.15) is 39.5 Å². The Morgan fingerprint density at radius 1 is 0.667 bits per heavy atom. The summed E-state index contributed by atoms with van der Waals surface area (Å²) in [6, 6.07) is 0. The molecule has 3 aliphatic heterocycles. The van der Waals surface area contributed by atoms with Gasteiger partial charge in [0, 0.05) is 11.8 Å². The molecule has 0 aromatic heterocycles. The Morgan fingerprint density at radius 3 is 1.56 bits per heavy atom. The number of hydrogen-bond donors (Lipinski definition) is 0. The molecule has 2 atom stereocenters. The van der Waals surface area contributed by atoms with E-state index in [0.717, 1.165) is 25.7 Å². The summed E-state index contributed by atoms with van der Waals surface area (Å²) >= 11 is 0. The summed E-state index contributed by atoms with van der Waals surface area (Å²) < 4.78 is 27.2. The van der Waals surface area contributed by atoms with Crippen molar-refractivity contribution < 1.29 is 33.3 Å². The van der Waals surface area contributed by atoms with Crippen molar-refractivity contribution in [2.75, 3.05) is 39.6 Å². The SMILES string of the molecule is CC1=C2C(=O)OCCOCCOC(=O)C3=C(C)OCC3CCCCC2CO1. The molecule has 150 valence electrons. The van der Waals surface area contributed by atoms with Crippen LogP contribution in [0.15, 0.2) is 22.7 Å². The first-order valence-corrected chi connectivity index (χ1v) is 9.67. The monoisotopic (exact) mass is 380 g/mol. The summed E-state index contributed by atoms with van der Waals surface area (Å²) in [5, 5.41) is 0. The molecule has 0 saturated carbocycles. The minimum atomic E-state index is -0.320. The maximum atomic E-state index is 12.4. The van der Waals surface area contributed by atoms with Crippen molar-refractivity contribution in [3.8, 4) is 0 Å². The highest BCUT2D eigenvalue weighted by Crippen LogP contribution is 2.33. The average Bonchev–Trinajstić information content (AvgIpc) is 3.19. The molecule has 2 unspecified atom stereocenters. The fourth-order valence-electron chi connectivity index (χ4n) is 3.85. The van der Waals surface area contributed by atoms with Gasteiger partial charge in [-0.25, -0.2) is 9.59 Å². The van der Waals surface area contributed by atoms with E-state index in [1.807, 2.05) is 13.8 Å². The van der Waals surface area contributed by atoms with E-state index in [-0.39, 0.29) is 50.2 Å². The van der Waals surface area contributed by atoms with Gasteiger partial charge in [0.05, 0.1) is 37.6 Å². The predicted molar refractivity (Wildman–Crippen MR) is 95.5 cm³/mol. The lowest BCUT2D eigenvalue weighted by atomic mass is 9.91. The van der Waals surface area contributed by atoms with Gasteiger partial charge in [-0.3, -0.25) is 0 Å². The van der Waals surface area contributed by atoms with Gasteiger partial charge >= 0.3 is 11.9 Å². The van der Waals surface area contributed by atoms with Gasteiger partial charge in [0.15, 0.2) is 0 Å². The summed E-state index contributed by atoms with van der Waals surface area (Å²) in [5.74, 6) is 0.811. The maximum absolute atomic E-state index is 12.4. The van der Waals surface area contributed by atoms with Crippen LogP contribution < -0.4 is 0 Å². The molecule has 0 amide bonds. The molecule has 0 aromatic rings. The van der Waals surface area contributed by atoms with E-state index in [2.05, 4.69) is 0 Å². The standard InChI is InChI=1S/C20H28O7/c1-13-17-15(11-26-13)5-3-4-6-16-12-27-14(2)18(16)20(22)25-10-8-23-7-9-24-19(17)21/h15-16H,3-12H2,1-2H3. The maximum Gasteiger partial charge on any atom is 0.337 e. The van der Waals surface area contributed by atoms with Gasteiger partial charge in [0.2, 0.25) is 0 Å². The molecule has 3 aliphatic rings. The molecule has 0 aromatic carbocycles. The van der Waals surface area contributed by atoms with Crippen molar-refractivity contribution in [3.05, 3.63) is 22.7 Å². The van der Waals surface area contributed by atoms with Crippen molar-refractivity contribution >= 4 is 11.9 Å². The van der Waals surface area contributed by atoms with Gasteiger partial charge in [-0.1, -0.05) is 12.8 Å². The number of fused-ring (bicyclic) bond motifs is 2. The smallest absolute Gasteiger partial charge is 0.337 e. The largest absolute Gasteiger partial charge is 0.497 e. The van der Waals surface area contributed by atoms with Crippen LogP contribution in [0.2, 0.25) is 0 Å². The summed E-state index contributed by atoms with van der Waals surface area (Å²) in [7, 11) is 0. The Labute approximate surface area is 159 Å². The molecule has 0 aliphatic carbocycles. The van der Waals surface area contributed by atoms with Crippen molar-refractivity contribution in [2.24, 2.45) is 11.8 Å². The van der Waals surface area contributed by atoms with Crippen LogP contribution in [0.4, 0.5) is 0 Å². The Kier molecular flexibility index (Phi) is 6.77. The number of rotatable bonds is 0. The fraction of sp³-hybridized carbons (Fsp3) is 0.700. The van der Waals surface area contributed by atoms with Gasteiger partial charge in [-0.15, -0.1) is 0 Å². The zero-order valence-corrected chi connectivity index (χ0v) is 16.1. The van der Waals surface area contributed by atoms with Gasteiger partial charge in [-0.2, -0.15) is 0 Å². The second-order valence-electron chi connectivity index (χ2n) is 7.12. The number of ether oxygens (including phenoxy) is 5. The molecule has 0 bridgehead atoms. The van der Waals surface area contributed by atoms with E-state index in [1.165, 1.54) is 0 Å². The van der Waals surface area contributed by atoms with Crippen LogP contribution in [0.5, 0.6) is 0 Å². The molecular weight excluding hydrogens is 352 g/mol. The minimum Gasteiger partial charge on any atom is -0.497 e. The highest BCUT2D eigenvalue weighted by Gasteiger charge is 2.33. The number of carbonyl (C=O) groups is 2. The quantitative estimate of drug-likeness (QED) is 0.597. The summed E-state index contributed by atoms with van der Waals surface area (Å²) in [6.45, 7) is 5.52. The third-order valence-electron chi connectivity index (χ3n) is 5.29. The number of esters is 2. The van der Waals surface area contributed by atoms with E-state index in [9.17, 15) is 9.59 Å². The molecule has 0 N–H and O–H groups in total. The Balaban J connectivity index is 1.65. The second kappa shape index (κ2) is 9.26. The highest BCUT2D eigenvalue weighted by atomic mass is 16.6. The van der Waals surface area contributed by atoms with E-state index >= 15 is 0 Å². The number of hydrogen-bond acceptors (Lipinski definition) is 7. The lowest BCUT2D eigenvalue weighted by molar-refractivity contribution is -0.142. The van der Waals surface area contributed by atoms with Crippen molar-refractivity contribution in [3.63, 3.8) is 0 Å². The van der Waals surface area contributed by atoms with Crippen molar-refractivity contribution in [1.29, 1.82) is 0 Å². The molecule has 0 spiro atoms. The zero-order chi connectivity index (χ0) is 19.2. The normalized spacial score (nSPS) is 28.5. The van der Waals surface area contributed by atoms with Gasteiger partial charge < -0.3 is 23.7 Å². The molecule has 3 heterocycles. The first-order chi connectivity index (χ1) is 13.1. The Morgan fingerprint density at radius 2 is 1.11 bits per heavy atom. The van der Waals surface area contributed by atoms with E-state index in [4.69, 9.17) is 23.7 Å². The molecule has 1 saturated heterocycles. The predicted octanol–water partition coefficient (Wildman–Crippen LogP) is 2.50. The molecule has 1 fully saturated rings. The average molecular weight is 380 g/mol. The summed E-state index contributed by atoms with van der Waals surface area (Å²) in [5.41, 5.74) is 1.30. The molecular formula is C20H28O7. The van der Waals surface area contributed by atoms with Crippen LogP contribution >= 0.6 is 0 Å². The van der Waals surface area contributed by atoms with Gasteiger partial charge in [0.1, 0.15) is 24.7 Å².